The fourth-order valence-corrected chi connectivity index (χ4v) is 2.46. The van der Waals surface area contributed by atoms with Gasteiger partial charge in [-0.15, -0.1) is 0 Å². The summed E-state index contributed by atoms with van der Waals surface area (Å²) in [7, 11) is 0. The summed E-state index contributed by atoms with van der Waals surface area (Å²) in [5.41, 5.74) is 0.786. The number of hydrogen-bond acceptors (Lipinski definition) is 6. The van der Waals surface area contributed by atoms with Crippen LogP contribution in [0.25, 0.3) is 17.3 Å². The normalized spacial score (nSPS) is 14.0. The highest BCUT2D eigenvalue weighted by atomic mass is 19.1. The van der Waals surface area contributed by atoms with Crippen LogP contribution in [-0.4, -0.2) is 33.6 Å². The molecular weight excluding hydrogens is 359 g/mol. The zero-order chi connectivity index (χ0) is 19.6. The van der Waals surface area contributed by atoms with Gasteiger partial charge in [0, 0.05) is 36.3 Å². The molecule has 10 heteroatoms. The number of carboxylic acid groups (broad SMARTS) is 1. The lowest BCUT2D eigenvalue weighted by Crippen LogP contribution is -2.51. The van der Waals surface area contributed by atoms with Crippen molar-refractivity contribution in [2.45, 2.75) is 13.0 Å². The van der Waals surface area contributed by atoms with Crippen molar-refractivity contribution < 1.29 is 28.7 Å². The molecule has 1 aliphatic heterocycles. The molecule has 4 amide bonds. The molecule has 1 fully saturated rings. The first kappa shape index (κ1) is 18.0. The largest absolute Gasteiger partial charge is 0.550 e. The third-order valence-corrected chi connectivity index (χ3v) is 3.70. The van der Waals surface area contributed by atoms with Crippen LogP contribution < -0.4 is 15.7 Å². The molecule has 1 saturated heterocycles. The number of halogens is 1. The molecule has 0 atom stereocenters. The second-order valence-corrected chi connectivity index (χ2v) is 5.62. The SMILES string of the molecule is O=C([O-])CCn1cc(C=C2C(=O)NC(=O)NC2=O)c(-c2ccc(F)cc2)n1. The average molecular weight is 371 g/mol. The van der Waals surface area contributed by atoms with Gasteiger partial charge in [-0.05, 0) is 30.3 Å². The number of imide groups is 2. The van der Waals surface area contributed by atoms with Crippen molar-refractivity contribution in [1.82, 2.24) is 20.4 Å². The van der Waals surface area contributed by atoms with Gasteiger partial charge in [0.25, 0.3) is 11.8 Å². The van der Waals surface area contributed by atoms with Crippen LogP contribution in [-0.2, 0) is 20.9 Å². The maximum absolute atomic E-state index is 13.2. The van der Waals surface area contributed by atoms with E-state index in [0.717, 1.165) is 0 Å². The van der Waals surface area contributed by atoms with Crippen molar-refractivity contribution >= 4 is 29.9 Å². The minimum absolute atomic E-state index is 0.00339. The maximum Gasteiger partial charge on any atom is 0.328 e. The van der Waals surface area contributed by atoms with Gasteiger partial charge in [-0.25, -0.2) is 9.18 Å². The number of nitrogens with zero attached hydrogens (tertiary/aromatic N) is 2. The summed E-state index contributed by atoms with van der Waals surface area (Å²) >= 11 is 0. The van der Waals surface area contributed by atoms with E-state index in [1.165, 1.54) is 41.2 Å². The smallest absolute Gasteiger partial charge is 0.328 e. The molecule has 1 aromatic carbocycles. The van der Waals surface area contributed by atoms with Crippen molar-refractivity contribution in [3.63, 3.8) is 0 Å². The molecule has 2 N–H and O–H groups in total. The first-order chi connectivity index (χ1) is 12.8. The number of carboxylic acids is 1. The van der Waals surface area contributed by atoms with Crippen LogP contribution in [0.4, 0.5) is 9.18 Å². The molecule has 3 rings (SSSR count). The van der Waals surface area contributed by atoms with Crippen LogP contribution in [0, 0.1) is 5.82 Å². The number of hydrogen-bond donors (Lipinski definition) is 2. The van der Waals surface area contributed by atoms with Gasteiger partial charge in [-0.3, -0.25) is 24.9 Å². The molecule has 0 saturated carbocycles. The highest BCUT2D eigenvalue weighted by Crippen LogP contribution is 2.25. The summed E-state index contributed by atoms with van der Waals surface area (Å²) < 4.78 is 14.5. The fraction of sp³-hybridized carbons (Fsp3) is 0.118. The molecule has 0 bridgehead atoms. The molecule has 2 heterocycles. The Balaban J connectivity index is 2.04. The minimum atomic E-state index is -1.27. The van der Waals surface area contributed by atoms with Crippen LogP contribution in [0.2, 0.25) is 0 Å². The van der Waals surface area contributed by atoms with Gasteiger partial charge in [0.1, 0.15) is 11.4 Å². The Morgan fingerprint density at radius 1 is 1.15 bits per heavy atom. The lowest BCUT2D eigenvalue weighted by Gasteiger charge is -2.13. The van der Waals surface area contributed by atoms with Gasteiger partial charge in [0.15, 0.2) is 0 Å². The van der Waals surface area contributed by atoms with E-state index >= 15 is 0 Å². The van der Waals surface area contributed by atoms with E-state index in [0.29, 0.717) is 16.8 Å². The maximum atomic E-state index is 13.2. The summed E-state index contributed by atoms with van der Waals surface area (Å²) in [6.45, 7) is -0.00339. The number of barbiturate groups is 1. The molecule has 2 aromatic rings. The second kappa shape index (κ2) is 7.20. The van der Waals surface area contributed by atoms with Gasteiger partial charge < -0.3 is 9.90 Å². The molecule has 1 aromatic heterocycles. The summed E-state index contributed by atoms with van der Waals surface area (Å²) in [5.74, 6) is -3.48. The second-order valence-electron chi connectivity index (χ2n) is 5.62. The Morgan fingerprint density at radius 2 is 1.78 bits per heavy atom. The summed E-state index contributed by atoms with van der Waals surface area (Å²) in [6, 6.07) is 4.40. The van der Waals surface area contributed by atoms with Crippen molar-refractivity contribution in [1.29, 1.82) is 0 Å². The fourth-order valence-electron chi connectivity index (χ4n) is 2.46. The Kier molecular flexibility index (Phi) is 4.79. The van der Waals surface area contributed by atoms with Gasteiger partial charge in [-0.2, -0.15) is 5.10 Å². The number of urea groups is 1. The Hall–Kier alpha value is -3.82. The predicted octanol–water partition coefficient (Wildman–Crippen LogP) is -0.421. The first-order valence-electron chi connectivity index (χ1n) is 7.75. The van der Waals surface area contributed by atoms with Gasteiger partial charge in [0.2, 0.25) is 0 Å². The van der Waals surface area contributed by atoms with Crippen molar-refractivity contribution in [2.75, 3.05) is 0 Å². The van der Waals surface area contributed by atoms with E-state index in [9.17, 15) is 28.7 Å². The highest BCUT2D eigenvalue weighted by Gasteiger charge is 2.28. The van der Waals surface area contributed by atoms with Crippen molar-refractivity contribution in [2.24, 2.45) is 0 Å². The molecule has 9 nitrogen and oxygen atoms in total. The van der Waals surface area contributed by atoms with Gasteiger partial charge >= 0.3 is 6.03 Å². The predicted molar refractivity (Wildman–Crippen MR) is 86.9 cm³/mol. The lowest BCUT2D eigenvalue weighted by atomic mass is 10.0. The summed E-state index contributed by atoms with van der Waals surface area (Å²) in [6.07, 6.45) is 2.36. The molecule has 0 unspecified atom stereocenters. The lowest BCUT2D eigenvalue weighted by molar-refractivity contribution is -0.306. The van der Waals surface area contributed by atoms with Crippen LogP contribution in [0.3, 0.4) is 0 Å². The zero-order valence-electron chi connectivity index (χ0n) is 13.7. The minimum Gasteiger partial charge on any atom is -0.550 e. The summed E-state index contributed by atoms with van der Waals surface area (Å²) in [5, 5.41) is 18.8. The number of aromatic nitrogens is 2. The molecule has 0 spiro atoms. The number of amides is 4. The Labute approximate surface area is 151 Å². The van der Waals surface area contributed by atoms with E-state index in [2.05, 4.69) is 5.10 Å². The molecule has 27 heavy (non-hydrogen) atoms. The topological polar surface area (TPSA) is 133 Å². The third-order valence-electron chi connectivity index (χ3n) is 3.70. The number of aliphatic carboxylic acids is 1. The number of carbonyl (C=O) groups is 4. The zero-order valence-corrected chi connectivity index (χ0v) is 13.7. The summed E-state index contributed by atoms with van der Waals surface area (Å²) in [4.78, 5) is 45.6. The molecule has 0 radical (unpaired) electrons. The van der Waals surface area contributed by atoms with Gasteiger partial charge in [-0.1, -0.05) is 0 Å². The monoisotopic (exact) mass is 371 g/mol. The molecule has 0 aliphatic carbocycles. The number of aryl methyl sites for hydroxylation is 1. The Bertz CT molecular complexity index is 956. The van der Waals surface area contributed by atoms with E-state index in [1.807, 2.05) is 10.6 Å². The van der Waals surface area contributed by atoms with E-state index in [-0.39, 0.29) is 18.5 Å². The number of benzene rings is 1. The quantitative estimate of drug-likeness (QED) is 0.542. The number of rotatable bonds is 5. The van der Waals surface area contributed by atoms with Crippen LogP contribution in [0.15, 0.2) is 36.0 Å². The standard InChI is InChI=1S/C17H13FN4O5/c18-11-3-1-9(2-4-11)14-10(8-22(21-14)6-5-13(23)24)7-12-15(25)19-17(27)20-16(12)26/h1-4,7-8H,5-6H2,(H,23,24)(H2,19,20,25,26,27)/p-1. The van der Waals surface area contributed by atoms with Crippen molar-refractivity contribution in [3.8, 4) is 11.3 Å². The van der Waals surface area contributed by atoms with Gasteiger partial charge in [0.05, 0.1) is 5.69 Å². The molecule has 138 valence electrons. The molecule has 1 aliphatic rings. The van der Waals surface area contributed by atoms with E-state index < -0.39 is 29.6 Å². The highest BCUT2D eigenvalue weighted by molar-refractivity contribution is 6.31. The third kappa shape index (κ3) is 4.06. The molecular formula is C17H12FN4O5-. The Morgan fingerprint density at radius 3 is 2.37 bits per heavy atom. The van der Waals surface area contributed by atoms with Crippen LogP contribution in [0.1, 0.15) is 12.0 Å². The van der Waals surface area contributed by atoms with Crippen LogP contribution in [0.5, 0.6) is 0 Å². The number of nitrogens with one attached hydrogen (secondary N) is 2. The number of carbonyl (C=O) groups excluding carboxylic acids is 4. The first-order valence-corrected chi connectivity index (χ1v) is 7.75. The van der Waals surface area contributed by atoms with E-state index in [4.69, 9.17) is 0 Å². The van der Waals surface area contributed by atoms with E-state index in [1.54, 1.807) is 0 Å². The average Bonchev–Trinajstić information content (AvgIpc) is 3.00. The van der Waals surface area contributed by atoms with Crippen LogP contribution >= 0.6 is 0 Å². The van der Waals surface area contributed by atoms with Crippen molar-refractivity contribution in [3.05, 3.63) is 47.4 Å².